The van der Waals surface area contributed by atoms with Crippen LogP contribution in [0, 0.1) is 0 Å². The molecule has 0 spiro atoms. The van der Waals surface area contributed by atoms with Crippen molar-refractivity contribution >= 4 is 125 Å². The molecular weight excluding hydrogens is 793 g/mol. The second-order valence-corrected chi connectivity index (χ2v) is 15.8. The van der Waals surface area contributed by atoms with E-state index in [0.717, 1.165) is 0 Å². The Morgan fingerprint density at radius 1 is 0.373 bits per heavy atom. The van der Waals surface area contributed by atoms with Crippen molar-refractivity contribution in [2.45, 2.75) is 38.5 Å². The summed E-state index contributed by atoms with van der Waals surface area (Å²) < 4.78 is 33.6. The van der Waals surface area contributed by atoms with E-state index in [4.69, 9.17) is 43.4 Å². The first kappa shape index (κ1) is 46.4. The monoisotopic (exact) mass is 834 g/mol. The fourth-order valence-corrected chi connectivity index (χ4v) is 8.89. The van der Waals surface area contributed by atoms with Gasteiger partial charge in [0.05, 0.1) is 81.2 Å². The molecule has 0 radical (unpaired) electrons. The van der Waals surface area contributed by atoms with E-state index < -0.39 is 35.8 Å². The van der Waals surface area contributed by atoms with Crippen LogP contribution in [0.25, 0.3) is 0 Å². The molecular formula is C27H42N6O12S6. The van der Waals surface area contributed by atoms with Gasteiger partial charge in [-0.25, -0.2) is 11.1 Å². The van der Waals surface area contributed by atoms with Crippen molar-refractivity contribution in [2.24, 2.45) is 0 Å². The molecule has 1 heterocycles. The van der Waals surface area contributed by atoms with Crippen LogP contribution >= 0.6 is 71.7 Å². The van der Waals surface area contributed by atoms with Crippen LogP contribution in [0.3, 0.4) is 0 Å². The predicted molar refractivity (Wildman–Crippen MR) is 202 cm³/mol. The summed E-state index contributed by atoms with van der Waals surface area (Å²) >= 11 is 7.19. The van der Waals surface area contributed by atoms with Gasteiger partial charge in [0.15, 0.2) is 0 Å². The Morgan fingerprint density at radius 2 is 0.529 bits per heavy atom. The van der Waals surface area contributed by atoms with Crippen molar-refractivity contribution in [3.8, 4) is 0 Å². The number of nitrogens with zero attached hydrogens (tertiary/aromatic N) is 6. The third-order valence-electron chi connectivity index (χ3n) is 5.54. The van der Waals surface area contributed by atoms with E-state index in [1.54, 1.807) is 11.1 Å². The quantitative estimate of drug-likeness (QED) is 0.0706. The average molecular weight is 835 g/mol. The first-order valence-corrected chi connectivity index (χ1v) is 20.5. The molecule has 0 aliphatic heterocycles. The first-order valence-electron chi connectivity index (χ1n) is 14.9. The lowest BCUT2D eigenvalue weighted by atomic mass is 10.5. The topological polar surface area (TPSA) is 206 Å². The lowest BCUT2D eigenvalue weighted by molar-refractivity contribution is -0.141. The molecule has 0 saturated carbocycles. The Hall–Kier alpha value is -2.67. The van der Waals surface area contributed by atoms with Crippen molar-refractivity contribution in [3.63, 3.8) is 0 Å². The van der Waals surface area contributed by atoms with Crippen LogP contribution in [0.2, 0.25) is 0 Å². The van der Waals surface area contributed by atoms with E-state index >= 15 is 0 Å². The number of rotatable bonds is 27. The van der Waals surface area contributed by atoms with Gasteiger partial charge in [-0.1, -0.05) is 0 Å². The van der Waals surface area contributed by atoms with Crippen molar-refractivity contribution in [1.82, 2.24) is 15.0 Å². The van der Waals surface area contributed by atoms with Gasteiger partial charge >= 0.3 is 35.8 Å². The van der Waals surface area contributed by atoms with E-state index in [-0.39, 0.29) is 90.9 Å². The fraction of sp³-hybridized carbons (Fsp3) is 0.667. The molecule has 0 aromatic carbocycles. The Bertz CT molecular complexity index is 1050. The van der Waals surface area contributed by atoms with Crippen LogP contribution < -0.4 is 11.1 Å². The molecule has 0 N–H and O–H groups in total. The first-order chi connectivity index (χ1) is 24.5. The summed E-state index contributed by atoms with van der Waals surface area (Å²) in [5.74, 6) is -0.572. The van der Waals surface area contributed by atoms with E-state index in [1.165, 1.54) is 114 Å². The van der Waals surface area contributed by atoms with E-state index in [1.807, 2.05) is 0 Å². The second-order valence-electron chi connectivity index (χ2n) is 8.96. The van der Waals surface area contributed by atoms with Gasteiger partial charge in [-0.2, -0.15) is 15.0 Å². The highest BCUT2D eigenvalue weighted by Gasteiger charge is 2.25. The summed E-state index contributed by atoms with van der Waals surface area (Å²) in [4.78, 5) is 85.7. The van der Waals surface area contributed by atoms with E-state index in [0.29, 0.717) is 0 Å². The summed E-state index contributed by atoms with van der Waals surface area (Å²) in [6.07, 6.45) is 0.404. The average Bonchev–Trinajstić information content (AvgIpc) is 3.14. The Morgan fingerprint density at radius 3 is 0.667 bits per heavy atom. The van der Waals surface area contributed by atoms with Gasteiger partial charge in [-0.3, -0.25) is 28.8 Å². The van der Waals surface area contributed by atoms with Crippen LogP contribution in [0.15, 0.2) is 0 Å². The zero-order valence-electron chi connectivity index (χ0n) is 29.0. The Kier molecular flexibility index (Phi) is 25.4. The smallest absolute Gasteiger partial charge is 0.306 e. The number of anilines is 3. The molecule has 51 heavy (non-hydrogen) atoms. The molecule has 0 saturated heterocycles. The van der Waals surface area contributed by atoms with Crippen LogP contribution in [0.1, 0.15) is 38.5 Å². The molecule has 0 unspecified atom stereocenters. The van der Waals surface area contributed by atoms with Crippen LogP contribution in [0.4, 0.5) is 17.8 Å². The molecule has 0 aliphatic rings. The Labute approximate surface area is 322 Å². The van der Waals surface area contributed by atoms with Gasteiger partial charge in [0, 0.05) is 34.5 Å². The number of methoxy groups -OCH3 is 6. The van der Waals surface area contributed by atoms with E-state index in [2.05, 4.69) is 0 Å². The molecule has 1 rings (SSSR count). The molecule has 0 fully saturated rings. The third kappa shape index (κ3) is 20.2. The minimum atomic E-state index is -0.426. The fourth-order valence-electron chi connectivity index (χ4n) is 2.93. The molecule has 24 heteroatoms. The number of carbonyl (C=O) groups excluding carboxylic acids is 6. The van der Waals surface area contributed by atoms with Gasteiger partial charge in [-0.15, -0.1) is 0 Å². The molecule has 0 atom stereocenters. The summed E-state index contributed by atoms with van der Waals surface area (Å²) in [5.41, 5.74) is 0. The summed E-state index contributed by atoms with van der Waals surface area (Å²) in [5, 5.41) is 0. The van der Waals surface area contributed by atoms with Crippen molar-refractivity contribution < 1.29 is 57.2 Å². The normalized spacial score (nSPS) is 10.5. The van der Waals surface area contributed by atoms with Crippen LogP contribution in [-0.2, 0) is 57.2 Å². The lowest BCUT2D eigenvalue weighted by Crippen LogP contribution is -2.20. The highest BCUT2D eigenvalue weighted by Crippen LogP contribution is 2.37. The third-order valence-corrected chi connectivity index (χ3v) is 12.1. The van der Waals surface area contributed by atoms with Gasteiger partial charge in [0.25, 0.3) is 17.8 Å². The summed E-state index contributed by atoms with van der Waals surface area (Å²) in [7, 11) is 7.72. The van der Waals surface area contributed by atoms with Crippen LogP contribution in [-0.4, -0.2) is 128 Å². The molecule has 0 bridgehead atoms. The van der Waals surface area contributed by atoms with Crippen molar-refractivity contribution in [1.29, 1.82) is 0 Å². The standard InChI is InChI=1S/C27H42N6O12S6/c1-40-19(34)7-13-46-31(47-14-8-20(35)41-2)25-28-26(32(48-15-9-21(36)42-3)49-16-10-22(37)43-4)30-27(29-25)33(50-17-11-23(38)44-5)51-18-12-24(39)45-6/h7-18H2,1-6H3. The highest BCUT2D eigenvalue weighted by atomic mass is 32.2. The van der Waals surface area contributed by atoms with Crippen LogP contribution in [0.5, 0.6) is 0 Å². The number of ether oxygens (including phenoxy) is 6. The maximum absolute atomic E-state index is 11.9. The largest absolute Gasteiger partial charge is 0.469 e. The minimum Gasteiger partial charge on any atom is -0.469 e. The predicted octanol–water partition coefficient (Wildman–Crippen LogP) is 3.56. The maximum atomic E-state index is 11.9. The summed E-state index contributed by atoms with van der Waals surface area (Å²) in [6.45, 7) is 0. The Balaban J connectivity index is 3.74. The number of carbonyl (C=O) groups is 6. The second kappa shape index (κ2) is 27.9. The van der Waals surface area contributed by atoms with Crippen molar-refractivity contribution in [3.05, 3.63) is 0 Å². The molecule has 0 aliphatic carbocycles. The molecule has 1 aromatic heterocycles. The zero-order valence-corrected chi connectivity index (χ0v) is 33.9. The number of hydrogen-bond donors (Lipinski definition) is 0. The summed E-state index contributed by atoms with van der Waals surface area (Å²) in [6, 6.07) is 0. The minimum absolute atomic E-state index is 0.0673. The molecule has 0 amide bonds. The SMILES string of the molecule is COC(=O)CCSN(SCCC(=O)OC)c1nc(N(SCCC(=O)OC)SCCC(=O)OC)nc(N(SCCC(=O)OC)SCCC(=O)OC)n1. The number of hydrogen-bond acceptors (Lipinski definition) is 24. The highest BCUT2D eigenvalue weighted by molar-refractivity contribution is 8.19. The maximum Gasteiger partial charge on any atom is 0.306 e. The zero-order chi connectivity index (χ0) is 38.0. The van der Waals surface area contributed by atoms with Gasteiger partial charge < -0.3 is 28.4 Å². The van der Waals surface area contributed by atoms with Gasteiger partial charge in [0.1, 0.15) is 0 Å². The van der Waals surface area contributed by atoms with Gasteiger partial charge in [0.2, 0.25) is 0 Å². The number of esters is 6. The molecule has 288 valence electrons. The lowest BCUT2D eigenvalue weighted by Gasteiger charge is -2.26. The van der Waals surface area contributed by atoms with E-state index in [9.17, 15) is 28.8 Å². The van der Waals surface area contributed by atoms with Crippen molar-refractivity contribution in [2.75, 3.05) is 88.3 Å². The van der Waals surface area contributed by atoms with Gasteiger partial charge in [-0.05, 0) is 71.7 Å². The molecule has 1 aromatic rings. The number of aromatic nitrogens is 3. The molecule has 18 nitrogen and oxygen atoms in total.